The Kier molecular flexibility index (Phi) is 7.69. The molecule has 196 valence electrons. The lowest BCUT2D eigenvalue weighted by Gasteiger charge is -2.29. The molecule has 0 saturated heterocycles. The first-order valence-corrected chi connectivity index (χ1v) is 12.6. The molecule has 0 bridgehead atoms. The van der Waals surface area contributed by atoms with Crippen LogP contribution in [0.3, 0.4) is 0 Å². The first-order chi connectivity index (χ1) is 17.5. The van der Waals surface area contributed by atoms with Crippen molar-refractivity contribution < 1.29 is 32.0 Å². The Morgan fingerprint density at radius 2 is 1.81 bits per heavy atom. The summed E-state index contributed by atoms with van der Waals surface area (Å²) in [4.78, 5) is 30.3. The molecule has 4 rings (SSSR count). The molecule has 2 heterocycles. The molecule has 1 atom stereocenters. The van der Waals surface area contributed by atoms with Crippen molar-refractivity contribution in [1.82, 2.24) is 10.6 Å². The van der Waals surface area contributed by atoms with E-state index < -0.39 is 51.4 Å². The van der Waals surface area contributed by atoms with Crippen molar-refractivity contribution in [2.45, 2.75) is 43.9 Å². The fourth-order valence-electron chi connectivity index (χ4n) is 4.30. The van der Waals surface area contributed by atoms with Crippen LogP contribution in [-0.2, 0) is 28.1 Å². The van der Waals surface area contributed by atoms with Gasteiger partial charge in [-0.15, -0.1) is 11.3 Å². The van der Waals surface area contributed by atoms with E-state index in [4.69, 9.17) is 33.3 Å². The summed E-state index contributed by atoms with van der Waals surface area (Å²) < 4.78 is 57.1. The Morgan fingerprint density at radius 3 is 2.43 bits per heavy atom. The van der Waals surface area contributed by atoms with E-state index in [-0.39, 0.29) is 23.7 Å². The summed E-state index contributed by atoms with van der Waals surface area (Å²) in [5, 5.41) is 15.9. The Bertz CT molecular complexity index is 1320. The van der Waals surface area contributed by atoms with Crippen LogP contribution in [-0.4, -0.2) is 36.8 Å². The number of carbonyl (C=O) groups excluding carboxylic acids is 2. The predicted molar refractivity (Wildman–Crippen MR) is 128 cm³/mol. The summed E-state index contributed by atoms with van der Waals surface area (Å²) in [5.74, 6) is -2.16. The van der Waals surface area contributed by atoms with Crippen molar-refractivity contribution in [2.24, 2.45) is 5.16 Å². The van der Waals surface area contributed by atoms with Crippen LogP contribution in [0.2, 0.25) is 10.0 Å². The maximum atomic E-state index is 14.4. The Morgan fingerprint density at radius 1 is 1.16 bits per heavy atom. The number of halogens is 6. The van der Waals surface area contributed by atoms with Crippen LogP contribution < -0.4 is 10.6 Å². The number of nitrogens with zero attached hydrogens (tertiary/aromatic N) is 2. The molecule has 2 aliphatic rings. The van der Waals surface area contributed by atoms with Gasteiger partial charge in [-0.3, -0.25) is 9.59 Å². The molecule has 2 amide bonds. The van der Waals surface area contributed by atoms with Crippen molar-refractivity contribution in [1.29, 1.82) is 5.26 Å². The largest absolute Gasteiger partial charge is 0.435 e. The van der Waals surface area contributed by atoms with E-state index in [1.807, 2.05) is 0 Å². The highest BCUT2D eigenvalue weighted by molar-refractivity contribution is 7.16. The molecule has 2 aromatic rings. The van der Waals surface area contributed by atoms with E-state index in [1.165, 1.54) is 0 Å². The lowest BCUT2D eigenvalue weighted by atomic mass is 9.85. The maximum Gasteiger partial charge on any atom is 0.435 e. The smallest absolute Gasteiger partial charge is 0.374 e. The first kappa shape index (κ1) is 27.2. The van der Waals surface area contributed by atoms with Gasteiger partial charge in [-0.05, 0) is 48.9 Å². The zero-order valence-corrected chi connectivity index (χ0v) is 21.2. The van der Waals surface area contributed by atoms with Gasteiger partial charge in [-0.2, -0.15) is 18.4 Å². The fourth-order valence-corrected chi connectivity index (χ4v) is 6.08. The fraction of sp³-hybridized carbons (Fsp3) is 0.391. The maximum absolute atomic E-state index is 14.4. The standard InChI is InChI=1S/C23H18Cl2F4N4O3S/c24-14-7-11(8-15(25)18(14)26)22(23(27,28)29)9-16(33-36-22)19-12-3-1-2-4-13(12)20(37-19)21(35)32-10-17(34)31-6-5-30/h7-8H,1-4,6,9-10H2,(H,31,34)(H,32,35). The number of nitrogens with one attached hydrogen (secondary N) is 2. The molecule has 2 N–H and O–H groups in total. The van der Waals surface area contributed by atoms with Crippen molar-refractivity contribution >= 4 is 52.1 Å². The average molecular weight is 577 g/mol. The number of rotatable bonds is 6. The number of hydrogen-bond acceptors (Lipinski definition) is 6. The van der Waals surface area contributed by atoms with Gasteiger partial charge in [0.25, 0.3) is 11.5 Å². The molecule has 7 nitrogen and oxygen atoms in total. The highest BCUT2D eigenvalue weighted by Gasteiger charge is 2.63. The minimum absolute atomic E-state index is 0.0112. The third kappa shape index (κ3) is 5.12. The number of fused-ring (bicyclic) bond motifs is 1. The van der Waals surface area contributed by atoms with Crippen molar-refractivity contribution in [3.8, 4) is 6.07 Å². The topological polar surface area (TPSA) is 104 Å². The van der Waals surface area contributed by atoms with Gasteiger partial charge in [0.05, 0.1) is 38.8 Å². The highest BCUT2D eigenvalue weighted by atomic mass is 35.5. The van der Waals surface area contributed by atoms with Gasteiger partial charge in [0.1, 0.15) is 12.3 Å². The molecule has 0 fully saturated rings. The molecule has 1 aromatic carbocycles. The van der Waals surface area contributed by atoms with Crippen LogP contribution in [0.25, 0.3) is 0 Å². The average Bonchev–Trinajstić information content (AvgIpc) is 3.47. The van der Waals surface area contributed by atoms with E-state index in [1.54, 1.807) is 6.07 Å². The minimum atomic E-state index is -4.96. The number of alkyl halides is 3. The lowest BCUT2D eigenvalue weighted by molar-refractivity contribution is -0.275. The highest BCUT2D eigenvalue weighted by Crippen LogP contribution is 2.51. The van der Waals surface area contributed by atoms with E-state index in [2.05, 4.69) is 15.8 Å². The van der Waals surface area contributed by atoms with Crippen LogP contribution >= 0.6 is 34.5 Å². The number of carbonyl (C=O) groups is 2. The monoisotopic (exact) mass is 576 g/mol. The second-order valence-corrected chi connectivity index (χ2v) is 10.3. The molecular formula is C23H18Cl2F4N4O3S. The van der Waals surface area contributed by atoms with Gasteiger partial charge >= 0.3 is 6.18 Å². The first-order valence-electron chi connectivity index (χ1n) is 11.0. The van der Waals surface area contributed by atoms with Gasteiger partial charge in [0.15, 0.2) is 5.82 Å². The van der Waals surface area contributed by atoms with Crippen molar-refractivity contribution in [2.75, 3.05) is 13.1 Å². The zero-order chi connectivity index (χ0) is 27.0. The van der Waals surface area contributed by atoms with Gasteiger partial charge in [-0.25, -0.2) is 4.39 Å². The number of nitriles is 1. The second-order valence-electron chi connectivity index (χ2n) is 8.43. The minimum Gasteiger partial charge on any atom is -0.374 e. The van der Waals surface area contributed by atoms with E-state index in [9.17, 15) is 27.2 Å². The molecule has 0 radical (unpaired) electrons. The molecule has 0 spiro atoms. The summed E-state index contributed by atoms with van der Waals surface area (Å²) in [5.41, 5.74) is -2.05. The lowest BCUT2D eigenvalue weighted by Crippen LogP contribution is -2.42. The predicted octanol–water partition coefficient (Wildman–Crippen LogP) is 5.02. The summed E-state index contributed by atoms with van der Waals surface area (Å²) >= 11 is 12.5. The number of hydrogen-bond donors (Lipinski definition) is 2. The molecule has 1 unspecified atom stereocenters. The Hall–Kier alpha value is -2.88. The van der Waals surface area contributed by atoms with Crippen LogP contribution in [0.5, 0.6) is 0 Å². The zero-order valence-electron chi connectivity index (χ0n) is 18.9. The summed E-state index contributed by atoms with van der Waals surface area (Å²) in [7, 11) is 0. The number of oxime groups is 1. The molecule has 0 saturated carbocycles. The molecule has 1 aliphatic carbocycles. The van der Waals surface area contributed by atoms with Gasteiger partial charge < -0.3 is 15.5 Å². The summed E-state index contributed by atoms with van der Waals surface area (Å²) in [6, 6.07) is 3.38. The van der Waals surface area contributed by atoms with E-state index in [0.29, 0.717) is 28.8 Å². The Balaban J connectivity index is 1.66. The summed E-state index contributed by atoms with van der Waals surface area (Å²) in [6.45, 7) is -0.575. The quantitative estimate of drug-likeness (QED) is 0.286. The van der Waals surface area contributed by atoms with Crippen LogP contribution in [0.4, 0.5) is 17.6 Å². The third-order valence-electron chi connectivity index (χ3n) is 6.10. The molecule has 1 aliphatic heterocycles. The van der Waals surface area contributed by atoms with Gasteiger partial charge in [0.2, 0.25) is 5.91 Å². The molecule has 14 heteroatoms. The number of thiophene rings is 1. The van der Waals surface area contributed by atoms with Crippen LogP contribution in [0.1, 0.15) is 50.5 Å². The van der Waals surface area contributed by atoms with Gasteiger partial charge in [0, 0.05) is 5.56 Å². The summed E-state index contributed by atoms with van der Waals surface area (Å²) in [6.07, 6.45) is -3.07. The van der Waals surface area contributed by atoms with E-state index >= 15 is 0 Å². The molecule has 1 aromatic heterocycles. The van der Waals surface area contributed by atoms with Crippen LogP contribution in [0, 0.1) is 17.1 Å². The Labute approximate surface area is 222 Å². The van der Waals surface area contributed by atoms with E-state index in [0.717, 1.165) is 36.3 Å². The van der Waals surface area contributed by atoms with Crippen molar-refractivity contribution in [3.63, 3.8) is 0 Å². The number of amides is 2. The van der Waals surface area contributed by atoms with Crippen LogP contribution in [0.15, 0.2) is 17.3 Å². The normalized spacial score (nSPS) is 18.9. The molecular weight excluding hydrogens is 559 g/mol. The molecule has 37 heavy (non-hydrogen) atoms. The second kappa shape index (κ2) is 10.5. The van der Waals surface area contributed by atoms with Gasteiger partial charge in [-0.1, -0.05) is 28.4 Å². The SMILES string of the molecule is N#CCNC(=O)CNC(=O)c1sc(C2=NOC(c3cc(Cl)c(F)c(Cl)c3)(C(F)(F)F)C2)c2c1CCCC2. The third-order valence-corrected chi connectivity index (χ3v) is 7.97. The number of benzene rings is 1. The van der Waals surface area contributed by atoms with Crippen molar-refractivity contribution in [3.05, 3.63) is 54.4 Å².